The first-order valence-electron chi connectivity index (χ1n) is 11.5. The number of piperazine rings is 1. The highest BCUT2D eigenvalue weighted by molar-refractivity contribution is 7.18. The Balaban J connectivity index is 1.06. The van der Waals surface area contributed by atoms with Crippen LogP contribution in [0.1, 0.15) is 16.4 Å². The Morgan fingerprint density at radius 2 is 1.89 bits per heavy atom. The summed E-state index contributed by atoms with van der Waals surface area (Å²) in [4.78, 5) is 13.5. The number of ether oxygens (including phenoxy) is 1. The van der Waals surface area contributed by atoms with Crippen molar-refractivity contribution in [1.29, 1.82) is 5.26 Å². The summed E-state index contributed by atoms with van der Waals surface area (Å²) in [6.07, 6.45) is -0.568. The molecular formula is C25H26N6O3S. The number of benzene rings is 2. The van der Waals surface area contributed by atoms with Crippen molar-refractivity contribution in [1.82, 2.24) is 24.9 Å². The molecule has 1 saturated heterocycles. The van der Waals surface area contributed by atoms with Gasteiger partial charge in [-0.15, -0.1) is 11.3 Å². The van der Waals surface area contributed by atoms with E-state index in [0.717, 1.165) is 52.7 Å². The van der Waals surface area contributed by atoms with Crippen LogP contribution in [0.3, 0.4) is 0 Å². The van der Waals surface area contributed by atoms with Gasteiger partial charge in [0.2, 0.25) is 0 Å². The summed E-state index contributed by atoms with van der Waals surface area (Å²) < 4.78 is 12.3. The maximum absolute atomic E-state index is 10.5. The smallest absolute Gasteiger partial charge is 0.257 e. The maximum Gasteiger partial charge on any atom is 0.257 e. The Labute approximate surface area is 207 Å². The third kappa shape index (κ3) is 5.83. The highest BCUT2D eigenvalue weighted by atomic mass is 32.1. The Kier molecular flexibility index (Phi) is 7.01. The fraction of sp³-hybridized carbons (Fsp3) is 0.360. The lowest BCUT2D eigenvalue weighted by molar-refractivity contribution is 0.0440. The molecule has 5 rings (SSSR count). The monoisotopic (exact) mass is 490 g/mol. The zero-order valence-corrected chi connectivity index (χ0v) is 20.2. The summed E-state index contributed by atoms with van der Waals surface area (Å²) in [5, 5.41) is 24.5. The molecule has 1 unspecified atom stereocenters. The van der Waals surface area contributed by atoms with Crippen molar-refractivity contribution in [2.75, 3.05) is 39.3 Å². The molecule has 9 nitrogen and oxygen atoms in total. The number of hydrogen-bond acceptors (Lipinski definition) is 10. The van der Waals surface area contributed by atoms with Gasteiger partial charge in [0.1, 0.15) is 18.5 Å². The second kappa shape index (κ2) is 10.5. The normalized spacial score (nSPS) is 15.8. The molecule has 4 aromatic rings. The van der Waals surface area contributed by atoms with Gasteiger partial charge in [0.05, 0.1) is 33.4 Å². The first-order chi connectivity index (χ1) is 17.1. The van der Waals surface area contributed by atoms with Crippen molar-refractivity contribution in [2.24, 2.45) is 0 Å². The molecule has 0 radical (unpaired) electrons. The van der Waals surface area contributed by atoms with Crippen LogP contribution in [-0.4, -0.2) is 75.5 Å². The number of thiazole rings is 1. The molecule has 35 heavy (non-hydrogen) atoms. The first-order valence-corrected chi connectivity index (χ1v) is 12.3. The van der Waals surface area contributed by atoms with Gasteiger partial charge in [-0.25, -0.2) is 4.98 Å². The van der Waals surface area contributed by atoms with Crippen LogP contribution >= 0.6 is 11.3 Å². The van der Waals surface area contributed by atoms with Crippen LogP contribution in [0, 0.1) is 18.3 Å². The number of aryl methyl sites for hydroxylation is 1. The van der Waals surface area contributed by atoms with Gasteiger partial charge in [0.25, 0.3) is 5.89 Å². The topological polar surface area (TPSA) is 112 Å². The predicted octanol–water partition coefficient (Wildman–Crippen LogP) is 3.08. The third-order valence-corrected chi connectivity index (χ3v) is 6.89. The average molecular weight is 491 g/mol. The van der Waals surface area contributed by atoms with Gasteiger partial charge in [0.15, 0.2) is 5.82 Å². The lowest BCUT2D eigenvalue weighted by atomic mass is 10.1. The predicted molar refractivity (Wildman–Crippen MR) is 132 cm³/mol. The number of hydrogen-bond donors (Lipinski definition) is 1. The van der Waals surface area contributed by atoms with E-state index in [1.807, 2.05) is 37.3 Å². The number of nitriles is 1. The molecule has 2 aromatic carbocycles. The van der Waals surface area contributed by atoms with E-state index in [2.05, 4.69) is 31.0 Å². The second-order valence-electron chi connectivity index (χ2n) is 8.61. The van der Waals surface area contributed by atoms with Crippen LogP contribution in [0.2, 0.25) is 0 Å². The highest BCUT2D eigenvalue weighted by Gasteiger charge is 2.21. The largest absolute Gasteiger partial charge is 0.491 e. The molecule has 1 fully saturated rings. The highest BCUT2D eigenvalue weighted by Crippen LogP contribution is 2.25. The van der Waals surface area contributed by atoms with Crippen molar-refractivity contribution < 1.29 is 14.4 Å². The van der Waals surface area contributed by atoms with Crippen molar-refractivity contribution in [2.45, 2.75) is 19.6 Å². The molecule has 0 aliphatic carbocycles. The van der Waals surface area contributed by atoms with Crippen LogP contribution in [0.4, 0.5) is 0 Å². The molecule has 1 aliphatic heterocycles. The van der Waals surface area contributed by atoms with E-state index in [1.165, 1.54) is 0 Å². The quantitative estimate of drug-likeness (QED) is 0.398. The number of aliphatic hydroxyl groups excluding tert-OH is 1. The molecule has 1 N–H and O–H groups in total. The number of fused-ring (bicyclic) bond motifs is 1. The minimum atomic E-state index is -0.568. The van der Waals surface area contributed by atoms with Gasteiger partial charge >= 0.3 is 0 Å². The molecule has 1 aliphatic rings. The summed E-state index contributed by atoms with van der Waals surface area (Å²) in [7, 11) is 0. The van der Waals surface area contributed by atoms with Gasteiger partial charge in [-0.2, -0.15) is 10.2 Å². The van der Waals surface area contributed by atoms with E-state index in [9.17, 15) is 5.11 Å². The van der Waals surface area contributed by atoms with Crippen LogP contribution in [0.5, 0.6) is 5.75 Å². The number of rotatable bonds is 8. The molecule has 180 valence electrons. The minimum absolute atomic E-state index is 0.246. The molecule has 0 bridgehead atoms. The van der Waals surface area contributed by atoms with E-state index in [0.29, 0.717) is 30.4 Å². The Morgan fingerprint density at radius 3 is 2.66 bits per heavy atom. The van der Waals surface area contributed by atoms with Gasteiger partial charge < -0.3 is 14.4 Å². The fourth-order valence-corrected chi connectivity index (χ4v) is 4.92. The second-order valence-corrected chi connectivity index (χ2v) is 9.84. The van der Waals surface area contributed by atoms with Gasteiger partial charge in [-0.1, -0.05) is 5.16 Å². The molecule has 0 spiro atoms. The SMILES string of the molecule is Cc1nc2cc(OCC(O)CN3CCN(Cc4noc(-c5ccc(C#N)cc5)n4)CC3)ccc2s1. The van der Waals surface area contributed by atoms with Crippen LogP contribution in [0.15, 0.2) is 47.0 Å². The van der Waals surface area contributed by atoms with Crippen molar-refractivity contribution in [3.05, 3.63) is 58.9 Å². The summed E-state index contributed by atoms with van der Waals surface area (Å²) >= 11 is 1.66. The zero-order valence-electron chi connectivity index (χ0n) is 19.4. The molecular weight excluding hydrogens is 464 g/mol. The number of aliphatic hydroxyl groups is 1. The molecule has 3 heterocycles. The van der Waals surface area contributed by atoms with E-state index in [-0.39, 0.29) is 6.61 Å². The third-order valence-electron chi connectivity index (χ3n) is 5.94. The van der Waals surface area contributed by atoms with Gasteiger partial charge in [0, 0.05) is 44.4 Å². The van der Waals surface area contributed by atoms with Crippen molar-refractivity contribution in [3.8, 4) is 23.3 Å². The summed E-state index contributed by atoms with van der Waals surface area (Å²) in [6, 6.07) is 15.0. The Morgan fingerprint density at radius 1 is 1.11 bits per heavy atom. The van der Waals surface area contributed by atoms with Crippen molar-refractivity contribution in [3.63, 3.8) is 0 Å². The standard InChI is InChI=1S/C25H26N6O3S/c1-17-27-22-12-21(6-7-23(22)35-17)33-16-20(32)14-30-8-10-31(11-9-30)15-24-28-25(34-29-24)19-4-2-18(13-26)3-5-19/h2-7,12,20,32H,8-11,14-16H2,1H3. The Bertz CT molecular complexity index is 1320. The van der Waals surface area contributed by atoms with Gasteiger partial charge in [-0.05, 0) is 43.3 Å². The van der Waals surface area contributed by atoms with E-state index < -0.39 is 6.10 Å². The number of aromatic nitrogens is 3. The fourth-order valence-electron chi connectivity index (χ4n) is 4.11. The summed E-state index contributed by atoms with van der Waals surface area (Å²) in [5.41, 5.74) is 2.32. The molecule has 0 amide bonds. The first kappa shape index (κ1) is 23.4. The Hall–Kier alpha value is -3.36. The molecule has 1 atom stereocenters. The maximum atomic E-state index is 10.5. The molecule has 0 saturated carbocycles. The van der Waals surface area contributed by atoms with Crippen LogP contribution < -0.4 is 4.74 Å². The lowest BCUT2D eigenvalue weighted by Crippen LogP contribution is -2.48. The minimum Gasteiger partial charge on any atom is -0.491 e. The zero-order chi connectivity index (χ0) is 24.2. The summed E-state index contributed by atoms with van der Waals surface area (Å²) in [6.45, 7) is 6.82. The van der Waals surface area contributed by atoms with Crippen molar-refractivity contribution >= 4 is 21.6 Å². The van der Waals surface area contributed by atoms with E-state index in [1.54, 1.807) is 23.5 Å². The molecule has 10 heteroatoms. The summed E-state index contributed by atoms with van der Waals surface area (Å²) in [5.74, 6) is 1.82. The number of nitrogens with zero attached hydrogens (tertiary/aromatic N) is 6. The number of β-amino-alcohol motifs (C(OH)–C–C–N with tert-alkyl or cyclic N) is 1. The lowest BCUT2D eigenvalue weighted by Gasteiger charge is -2.34. The van der Waals surface area contributed by atoms with Crippen LogP contribution in [0.25, 0.3) is 21.7 Å². The average Bonchev–Trinajstić information content (AvgIpc) is 3.49. The van der Waals surface area contributed by atoms with Gasteiger partial charge in [-0.3, -0.25) is 9.80 Å². The van der Waals surface area contributed by atoms with E-state index in [4.69, 9.17) is 14.5 Å². The molecule has 2 aromatic heterocycles. The van der Waals surface area contributed by atoms with Crippen LogP contribution in [-0.2, 0) is 6.54 Å². The van der Waals surface area contributed by atoms with E-state index >= 15 is 0 Å².